The van der Waals surface area contributed by atoms with Gasteiger partial charge in [0.15, 0.2) is 0 Å². The Labute approximate surface area is 93.2 Å². The average Bonchev–Trinajstić information content (AvgIpc) is 2.14. The third-order valence-electron chi connectivity index (χ3n) is 2.70. The van der Waals surface area contributed by atoms with Gasteiger partial charge in [-0.2, -0.15) is 0 Å². The van der Waals surface area contributed by atoms with Gasteiger partial charge in [0.05, 0.1) is 6.04 Å². The van der Waals surface area contributed by atoms with E-state index in [2.05, 4.69) is 17.1 Å². The Morgan fingerprint density at radius 1 is 1.33 bits per heavy atom. The smallest absolute Gasteiger partial charge is 0.237 e. The molecule has 0 radical (unpaired) electrons. The van der Waals surface area contributed by atoms with E-state index in [-0.39, 0.29) is 18.0 Å². The molecule has 0 saturated carbocycles. The molecule has 0 saturated heterocycles. The minimum Gasteiger partial charge on any atom is -0.353 e. The van der Waals surface area contributed by atoms with Gasteiger partial charge in [0.25, 0.3) is 0 Å². The molecule has 1 amide bonds. The molecule has 2 unspecified atom stereocenters. The van der Waals surface area contributed by atoms with Gasteiger partial charge in [0.1, 0.15) is 0 Å². The van der Waals surface area contributed by atoms with Crippen LogP contribution >= 0.6 is 0 Å². The molecular formula is C11H25N3O. The molecule has 90 valence electrons. The maximum Gasteiger partial charge on any atom is 0.237 e. The summed E-state index contributed by atoms with van der Waals surface area (Å²) in [5, 5.41) is 2.91. The number of likely N-dealkylation sites (N-methyl/N-ethyl adjacent to an activating group) is 1. The summed E-state index contributed by atoms with van der Waals surface area (Å²) in [6.07, 6.45) is 0.912. The lowest BCUT2D eigenvalue weighted by molar-refractivity contribution is -0.126. The van der Waals surface area contributed by atoms with Crippen molar-refractivity contribution in [2.45, 2.75) is 52.2 Å². The van der Waals surface area contributed by atoms with Crippen molar-refractivity contribution in [1.29, 1.82) is 0 Å². The fourth-order valence-electron chi connectivity index (χ4n) is 1.42. The molecular weight excluding hydrogens is 190 g/mol. The van der Waals surface area contributed by atoms with Crippen LogP contribution in [0.15, 0.2) is 0 Å². The lowest BCUT2D eigenvalue weighted by atomic mass is 10.1. The molecule has 4 nitrogen and oxygen atoms in total. The van der Waals surface area contributed by atoms with E-state index >= 15 is 0 Å². The Morgan fingerprint density at radius 3 is 2.27 bits per heavy atom. The van der Waals surface area contributed by atoms with E-state index in [1.807, 2.05) is 27.8 Å². The second-order valence-electron chi connectivity index (χ2n) is 4.43. The summed E-state index contributed by atoms with van der Waals surface area (Å²) >= 11 is 0. The van der Waals surface area contributed by atoms with Crippen LogP contribution in [0.4, 0.5) is 0 Å². The molecule has 0 aromatic rings. The van der Waals surface area contributed by atoms with E-state index in [9.17, 15) is 4.79 Å². The number of carbonyl (C=O) groups excluding carboxylic acids is 1. The van der Waals surface area contributed by atoms with E-state index in [4.69, 9.17) is 5.73 Å². The molecule has 0 aliphatic carbocycles. The highest BCUT2D eigenvalue weighted by molar-refractivity contribution is 5.81. The fraction of sp³-hybridized carbons (Fsp3) is 0.909. The predicted molar refractivity (Wildman–Crippen MR) is 63.6 cm³/mol. The predicted octanol–water partition coefficient (Wildman–Crippen LogP) is 0.569. The number of nitrogens with one attached hydrogen (secondary N) is 1. The first-order valence-corrected chi connectivity index (χ1v) is 5.62. The summed E-state index contributed by atoms with van der Waals surface area (Å²) in [7, 11) is 1.96. The second-order valence-corrected chi connectivity index (χ2v) is 4.43. The Morgan fingerprint density at radius 2 is 1.87 bits per heavy atom. The van der Waals surface area contributed by atoms with Gasteiger partial charge >= 0.3 is 0 Å². The molecule has 0 heterocycles. The highest BCUT2D eigenvalue weighted by Crippen LogP contribution is 2.05. The van der Waals surface area contributed by atoms with Gasteiger partial charge < -0.3 is 11.1 Å². The normalized spacial score (nSPS) is 15.5. The number of nitrogens with two attached hydrogens (primary N) is 1. The highest BCUT2D eigenvalue weighted by atomic mass is 16.2. The summed E-state index contributed by atoms with van der Waals surface area (Å²) in [4.78, 5) is 13.8. The van der Waals surface area contributed by atoms with Crippen molar-refractivity contribution >= 4 is 5.91 Å². The molecule has 0 aromatic carbocycles. The lowest BCUT2D eigenvalue weighted by Gasteiger charge is -2.30. The molecule has 0 spiro atoms. The molecule has 15 heavy (non-hydrogen) atoms. The molecule has 0 aliphatic heterocycles. The van der Waals surface area contributed by atoms with Crippen molar-refractivity contribution in [3.63, 3.8) is 0 Å². The standard InChI is InChI=1S/C11H25N3O/c1-8(2)13-11(15)10(4)14(5)9(3)6-7-12/h8-10H,6-7,12H2,1-5H3,(H,13,15). The number of nitrogens with zero attached hydrogens (tertiary/aromatic N) is 1. The van der Waals surface area contributed by atoms with E-state index in [0.29, 0.717) is 12.6 Å². The summed E-state index contributed by atoms with van der Waals surface area (Å²) in [6, 6.07) is 0.426. The number of carbonyl (C=O) groups is 1. The zero-order valence-corrected chi connectivity index (χ0v) is 10.6. The Bertz CT molecular complexity index is 194. The first-order chi connectivity index (χ1) is 6.90. The lowest BCUT2D eigenvalue weighted by Crippen LogP contribution is -2.48. The Kier molecular flexibility index (Phi) is 6.52. The zero-order chi connectivity index (χ0) is 12.0. The van der Waals surface area contributed by atoms with E-state index in [1.165, 1.54) is 0 Å². The molecule has 0 aliphatic rings. The van der Waals surface area contributed by atoms with E-state index in [0.717, 1.165) is 6.42 Å². The topological polar surface area (TPSA) is 58.4 Å². The van der Waals surface area contributed by atoms with Crippen LogP contribution in [-0.4, -0.2) is 42.5 Å². The summed E-state index contributed by atoms with van der Waals surface area (Å²) in [6.45, 7) is 8.60. The highest BCUT2D eigenvalue weighted by Gasteiger charge is 2.21. The van der Waals surface area contributed by atoms with Gasteiger partial charge in [0, 0.05) is 12.1 Å². The van der Waals surface area contributed by atoms with Crippen molar-refractivity contribution in [3.8, 4) is 0 Å². The maximum absolute atomic E-state index is 11.7. The molecule has 0 bridgehead atoms. The summed E-state index contributed by atoms with van der Waals surface area (Å²) < 4.78 is 0. The van der Waals surface area contributed by atoms with E-state index in [1.54, 1.807) is 0 Å². The number of hydrogen-bond acceptors (Lipinski definition) is 3. The van der Waals surface area contributed by atoms with Crippen LogP contribution in [0, 0.1) is 0 Å². The van der Waals surface area contributed by atoms with Crippen molar-refractivity contribution in [2.75, 3.05) is 13.6 Å². The largest absolute Gasteiger partial charge is 0.353 e. The van der Waals surface area contributed by atoms with Crippen LogP contribution in [0.5, 0.6) is 0 Å². The monoisotopic (exact) mass is 215 g/mol. The minimum absolute atomic E-state index is 0.0800. The molecule has 3 N–H and O–H groups in total. The molecule has 2 atom stereocenters. The van der Waals surface area contributed by atoms with Crippen molar-refractivity contribution in [2.24, 2.45) is 5.73 Å². The van der Waals surface area contributed by atoms with E-state index < -0.39 is 0 Å². The summed E-state index contributed by atoms with van der Waals surface area (Å²) in [5.74, 6) is 0.0800. The third-order valence-corrected chi connectivity index (χ3v) is 2.70. The van der Waals surface area contributed by atoms with Gasteiger partial charge in [-0.15, -0.1) is 0 Å². The van der Waals surface area contributed by atoms with Gasteiger partial charge in [-0.25, -0.2) is 0 Å². The molecule has 0 aromatic heterocycles. The van der Waals surface area contributed by atoms with Crippen LogP contribution in [0.25, 0.3) is 0 Å². The fourth-order valence-corrected chi connectivity index (χ4v) is 1.42. The summed E-state index contributed by atoms with van der Waals surface area (Å²) in [5.41, 5.74) is 5.50. The third kappa shape index (κ3) is 5.14. The Balaban J connectivity index is 4.17. The number of rotatable bonds is 6. The zero-order valence-electron chi connectivity index (χ0n) is 10.6. The SMILES string of the molecule is CC(C)NC(=O)C(C)N(C)C(C)CCN. The van der Waals surface area contributed by atoms with Crippen molar-refractivity contribution < 1.29 is 4.79 Å². The molecule has 0 fully saturated rings. The van der Waals surface area contributed by atoms with Crippen LogP contribution in [-0.2, 0) is 4.79 Å². The molecule has 4 heteroatoms. The van der Waals surface area contributed by atoms with Crippen LogP contribution < -0.4 is 11.1 Å². The maximum atomic E-state index is 11.7. The Hall–Kier alpha value is -0.610. The first-order valence-electron chi connectivity index (χ1n) is 5.62. The minimum atomic E-state index is -0.103. The quantitative estimate of drug-likeness (QED) is 0.681. The van der Waals surface area contributed by atoms with Crippen LogP contribution in [0.1, 0.15) is 34.1 Å². The average molecular weight is 215 g/mol. The van der Waals surface area contributed by atoms with Gasteiger partial charge in [-0.05, 0) is 47.7 Å². The molecule has 0 rings (SSSR count). The van der Waals surface area contributed by atoms with Gasteiger partial charge in [-0.3, -0.25) is 9.69 Å². The van der Waals surface area contributed by atoms with Crippen molar-refractivity contribution in [1.82, 2.24) is 10.2 Å². The van der Waals surface area contributed by atoms with Gasteiger partial charge in [0.2, 0.25) is 5.91 Å². The van der Waals surface area contributed by atoms with Gasteiger partial charge in [-0.1, -0.05) is 0 Å². The number of hydrogen-bond donors (Lipinski definition) is 2. The number of amides is 1. The van der Waals surface area contributed by atoms with Crippen LogP contribution in [0.2, 0.25) is 0 Å². The van der Waals surface area contributed by atoms with Crippen LogP contribution in [0.3, 0.4) is 0 Å². The van der Waals surface area contributed by atoms with Crippen molar-refractivity contribution in [3.05, 3.63) is 0 Å². The second kappa shape index (κ2) is 6.80. The first kappa shape index (κ1) is 14.4.